The lowest BCUT2D eigenvalue weighted by molar-refractivity contribution is 0.597. The largest absolute Gasteiger partial charge is 0.358 e. The number of primary sulfonamides is 1. The van der Waals surface area contributed by atoms with E-state index in [0.29, 0.717) is 11.7 Å². The van der Waals surface area contributed by atoms with Gasteiger partial charge in [0.1, 0.15) is 0 Å². The highest BCUT2D eigenvalue weighted by atomic mass is 32.2. The Hall–Kier alpha value is -2.22. The van der Waals surface area contributed by atoms with Gasteiger partial charge in [0.05, 0.1) is 4.90 Å². The molecule has 0 fully saturated rings. The van der Waals surface area contributed by atoms with E-state index in [1.54, 1.807) is 18.3 Å². The van der Waals surface area contributed by atoms with Gasteiger partial charge in [0.2, 0.25) is 10.0 Å². The summed E-state index contributed by atoms with van der Waals surface area (Å²) in [6, 6.07) is 16.2. The Morgan fingerprint density at radius 1 is 1.09 bits per heavy atom. The van der Waals surface area contributed by atoms with E-state index in [1.165, 1.54) is 12.1 Å². The first-order valence-corrected chi connectivity index (χ1v) is 8.78. The number of benzene rings is 2. The van der Waals surface area contributed by atoms with Crippen LogP contribution in [0.5, 0.6) is 0 Å². The van der Waals surface area contributed by atoms with Crippen molar-refractivity contribution >= 4 is 33.4 Å². The van der Waals surface area contributed by atoms with Crippen LogP contribution in [0, 0.1) is 0 Å². The molecule has 2 rings (SSSR count). The van der Waals surface area contributed by atoms with Gasteiger partial charge in [-0.2, -0.15) is 0 Å². The maximum atomic E-state index is 11.2. The molecule has 4 N–H and O–H groups in total. The van der Waals surface area contributed by atoms with Gasteiger partial charge < -0.3 is 10.6 Å². The minimum Gasteiger partial charge on any atom is -0.358 e. The van der Waals surface area contributed by atoms with Gasteiger partial charge >= 0.3 is 0 Å². The maximum Gasteiger partial charge on any atom is 0.238 e. The summed E-state index contributed by atoms with van der Waals surface area (Å²) in [5.74, 6) is 0. The molecule has 0 heterocycles. The van der Waals surface area contributed by atoms with E-state index in [-0.39, 0.29) is 4.90 Å². The van der Waals surface area contributed by atoms with E-state index in [0.717, 1.165) is 11.1 Å². The van der Waals surface area contributed by atoms with Crippen molar-refractivity contribution in [1.82, 2.24) is 10.6 Å². The fourth-order valence-corrected chi connectivity index (χ4v) is 2.46. The van der Waals surface area contributed by atoms with Crippen LogP contribution in [-0.2, 0) is 16.6 Å². The van der Waals surface area contributed by atoms with Crippen LogP contribution in [0.1, 0.15) is 11.1 Å². The number of hydrogen-bond donors (Lipinski definition) is 3. The highest BCUT2D eigenvalue weighted by Crippen LogP contribution is 2.08. The molecule has 0 atom stereocenters. The monoisotopic (exact) mass is 347 g/mol. The second kappa shape index (κ2) is 7.87. The van der Waals surface area contributed by atoms with Crippen LogP contribution < -0.4 is 15.8 Å². The van der Waals surface area contributed by atoms with Crippen LogP contribution in [0.3, 0.4) is 0 Å². The molecule has 0 aliphatic heterocycles. The van der Waals surface area contributed by atoms with Crippen LogP contribution in [0.4, 0.5) is 0 Å². The fraction of sp³-hybridized carbons (Fsp3) is 0.0625. The van der Waals surface area contributed by atoms with Crippen molar-refractivity contribution in [2.45, 2.75) is 11.4 Å². The summed E-state index contributed by atoms with van der Waals surface area (Å²) in [5.41, 5.74) is 1.97. The Morgan fingerprint density at radius 2 is 1.74 bits per heavy atom. The molecule has 0 amide bonds. The molecule has 0 radical (unpaired) electrons. The Bertz CT molecular complexity index is 786. The predicted octanol–water partition coefficient (Wildman–Crippen LogP) is 1.97. The molecule has 23 heavy (non-hydrogen) atoms. The molecule has 7 heteroatoms. The third-order valence-corrected chi connectivity index (χ3v) is 4.19. The zero-order chi connectivity index (χ0) is 16.7. The standard InChI is InChI=1S/C16H17N3O2S2/c17-23(20,21)15-8-6-14(7-9-15)12-19-16(22)18-11-10-13-4-2-1-3-5-13/h1-11H,12H2,(H2,17,20,21)(H2,18,19,22). The van der Waals surface area contributed by atoms with Gasteiger partial charge in [-0.05, 0) is 41.6 Å². The lowest BCUT2D eigenvalue weighted by Gasteiger charge is -2.08. The Labute approximate surface area is 141 Å². The van der Waals surface area contributed by atoms with Gasteiger partial charge in [0.25, 0.3) is 0 Å². The summed E-state index contributed by atoms with van der Waals surface area (Å²) in [6.07, 6.45) is 3.67. The van der Waals surface area contributed by atoms with E-state index < -0.39 is 10.0 Å². The quantitative estimate of drug-likeness (QED) is 0.720. The molecule has 0 bridgehead atoms. The van der Waals surface area contributed by atoms with Crippen molar-refractivity contribution in [2.75, 3.05) is 0 Å². The third-order valence-electron chi connectivity index (χ3n) is 2.99. The number of sulfonamides is 1. The van der Waals surface area contributed by atoms with Crippen molar-refractivity contribution in [3.8, 4) is 0 Å². The van der Waals surface area contributed by atoms with Gasteiger partial charge in [-0.25, -0.2) is 13.6 Å². The molecule has 2 aromatic rings. The second-order valence-electron chi connectivity index (χ2n) is 4.76. The molecule has 2 aromatic carbocycles. The van der Waals surface area contributed by atoms with Crippen LogP contribution in [0.25, 0.3) is 6.08 Å². The Kier molecular flexibility index (Phi) is 5.86. The first-order chi connectivity index (χ1) is 10.9. The summed E-state index contributed by atoms with van der Waals surface area (Å²) < 4.78 is 22.3. The zero-order valence-corrected chi connectivity index (χ0v) is 13.9. The topological polar surface area (TPSA) is 84.2 Å². The molecule has 5 nitrogen and oxygen atoms in total. The van der Waals surface area contributed by atoms with Crippen molar-refractivity contribution in [1.29, 1.82) is 0 Å². The van der Waals surface area contributed by atoms with Crippen molar-refractivity contribution in [3.63, 3.8) is 0 Å². The van der Waals surface area contributed by atoms with Crippen LogP contribution in [0.2, 0.25) is 0 Å². The number of nitrogens with one attached hydrogen (secondary N) is 2. The van der Waals surface area contributed by atoms with Gasteiger partial charge in [-0.1, -0.05) is 42.5 Å². The van der Waals surface area contributed by atoms with Gasteiger partial charge in [0, 0.05) is 12.7 Å². The lowest BCUT2D eigenvalue weighted by Crippen LogP contribution is -2.31. The lowest BCUT2D eigenvalue weighted by atomic mass is 10.2. The smallest absolute Gasteiger partial charge is 0.238 e. The number of hydrogen-bond acceptors (Lipinski definition) is 3. The maximum absolute atomic E-state index is 11.2. The van der Waals surface area contributed by atoms with Gasteiger partial charge in [0.15, 0.2) is 5.11 Å². The number of thiocarbonyl (C=S) groups is 1. The van der Waals surface area contributed by atoms with E-state index in [2.05, 4.69) is 10.6 Å². The molecule has 0 saturated carbocycles. The average Bonchev–Trinajstić information content (AvgIpc) is 2.53. The summed E-state index contributed by atoms with van der Waals surface area (Å²) in [6.45, 7) is 0.482. The van der Waals surface area contributed by atoms with E-state index >= 15 is 0 Å². The molecule has 120 valence electrons. The van der Waals surface area contributed by atoms with Crippen LogP contribution in [-0.4, -0.2) is 13.5 Å². The summed E-state index contributed by atoms with van der Waals surface area (Å²) >= 11 is 5.16. The number of rotatable bonds is 5. The van der Waals surface area contributed by atoms with E-state index in [9.17, 15) is 8.42 Å². The third kappa shape index (κ3) is 5.82. The molecule has 0 saturated heterocycles. The van der Waals surface area contributed by atoms with Crippen molar-refractivity contribution < 1.29 is 8.42 Å². The zero-order valence-electron chi connectivity index (χ0n) is 12.3. The SMILES string of the molecule is NS(=O)(=O)c1ccc(CNC(=S)NC=Cc2ccccc2)cc1. The second-order valence-corrected chi connectivity index (χ2v) is 6.73. The molecular formula is C16H17N3O2S2. The summed E-state index contributed by atoms with van der Waals surface area (Å²) in [4.78, 5) is 0.0905. The molecule has 0 aromatic heterocycles. The van der Waals surface area contributed by atoms with Crippen LogP contribution in [0.15, 0.2) is 65.7 Å². The first-order valence-electron chi connectivity index (χ1n) is 6.83. The average molecular weight is 347 g/mol. The molecule has 0 spiro atoms. The Balaban J connectivity index is 1.81. The predicted molar refractivity (Wildman–Crippen MR) is 95.9 cm³/mol. The summed E-state index contributed by atoms with van der Waals surface area (Å²) in [5, 5.41) is 11.5. The summed E-state index contributed by atoms with van der Waals surface area (Å²) in [7, 11) is -3.66. The molecule has 0 aliphatic rings. The van der Waals surface area contributed by atoms with Crippen molar-refractivity contribution in [3.05, 3.63) is 71.9 Å². The van der Waals surface area contributed by atoms with Gasteiger partial charge in [-0.3, -0.25) is 0 Å². The highest BCUT2D eigenvalue weighted by Gasteiger charge is 2.06. The Morgan fingerprint density at radius 3 is 2.35 bits per heavy atom. The van der Waals surface area contributed by atoms with Crippen molar-refractivity contribution in [2.24, 2.45) is 5.14 Å². The first kappa shape index (κ1) is 17.1. The molecular weight excluding hydrogens is 330 g/mol. The molecule has 0 aliphatic carbocycles. The highest BCUT2D eigenvalue weighted by molar-refractivity contribution is 7.89. The normalized spacial score (nSPS) is 11.3. The van der Waals surface area contributed by atoms with E-state index in [4.69, 9.17) is 17.4 Å². The fourth-order valence-electron chi connectivity index (χ4n) is 1.81. The number of nitrogens with two attached hydrogens (primary N) is 1. The van der Waals surface area contributed by atoms with Crippen LogP contribution >= 0.6 is 12.2 Å². The minimum absolute atomic E-state index is 0.0905. The van der Waals surface area contributed by atoms with E-state index in [1.807, 2.05) is 36.4 Å². The van der Waals surface area contributed by atoms with Gasteiger partial charge in [-0.15, -0.1) is 0 Å². The minimum atomic E-state index is -3.66. The molecule has 0 unspecified atom stereocenters.